The number of aromatic nitrogens is 1. The fraction of sp³-hybridized carbons (Fsp3) is 0.500. The third-order valence-corrected chi connectivity index (χ3v) is 3.37. The molecule has 2 heterocycles. The monoisotopic (exact) mass is 287 g/mol. The summed E-state index contributed by atoms with van der Waals surface area (Å²) in [5.74, 6) is 5.51. The number of pyridine rings is 1. The second-order valence-corrected chi connectivity index (χ2v) is 5.74. The summed E-state index contributed by atoms with van der Waals surface area (Å²) in [6.07, 6.45) is 4.80. The Morgan fingerprint density at radius 3 is 3.10 bits per heavy atom. The molecule has 21 heavy (non-hydrogen) atoms. The molecule has 0 spiro atoms. The van der Waals surface area contributed by atoms with Crippen molar-refractivity contribution >= 4 is 5.91 Å². The predicted octanol–water partition coefficient (Wildman–Crippen LogP) is 1.08. The van der Waals surface area contributed by atoms with Crippen LogP contribution in [0.1, 0.15) is 42.6 Å². The number of nitrogens with zero attached hydrogens (tertiary/aromatic N) is 1. The Balaban J connectivity index is 2.03. The van der Waals surface area contributed by atoms with Crippen molar-refractivity contribution in [1.29, 1.82) is 0 Å². The van der Waals surface area contributed by atoms with Crippen molar-refractivity contribution in [3.05, 3.63) is 29.6 Å². The zero-order valence-corrected chi connectivity index (χ0v) is 12.5. The largest absolute Gasteiger partial charge is 0.375 e. The highest BCUT2D eigenvalue weighted by molar-refractivity contribution is 5.94. The number of ether oxygens (including phenoxy) is 1. The minimum Gasteiger partial charge on any atom is -0.375 e. The molecular weight excluding hydrogens is 266 g/mol. The Morgan fingerprint density at radius 2 is 2.38 bits per heavy atom. The van der Waals surface area contributed by atoms with Crippen LogP contribution in [-0.4, -0.2) is 35.7 Å². The minimum absolute atomic E-state index is 0.124. The SMILES string of the molecule is CC1(C)CC(NC(=O)c2cncc(C#CCN)c2)CCO1. The van der Waals surface area contributed by atoms with Crippen molar-refractivity contribution in [1.82, 2.24) is 10.3 Å². The molecule has 1 atom stereocenters. The van der Waals surface area contributed by atoms with Gasteiger partial charge in [0, 0.05) is 30.6 Å². The number of carbonyl (C=O) groups excluding carboxylic acids is 1. The van der Waals surface area contributed by atoms with Gasteiger partial charge in [0.2, 0.25) is 0 Å². The molecule has 1 saturated heterocycles. The average molecular weight is 287 g/mol. The van der Waals surface area contributed by atoms with Crippen molar-refractivity contribution in [3.8, 4) is 11.8 Å². The molecule has 1 fully saturated rings. The van der Waals surface area contributed by atoms with Crippen molar-refractivity contribution in [2.24, 2.45) is 5.73 Å². The molecule has 1 amide bonds. The van der Waals surface area contributed by atoms with Gasteiger partial charge in [0.1, 0.15) is 0 Å². The molecule has 112 valence electrons. The van der Waals surface area contributed by atoms with Gasteiger partial charge in [-0.25, -0.2) is 0 Å². The second kappa shape index (κ2) is 6.70. The summed E-state index contributed by atoms with van der Waals surface area (Å²) in [6.45, 7) is 5.03. The molecule has 2 rings (SSSR count). The molecule has 1 aliphatic rings. The standard InChI is InChI=1S/C16H21N3O2/c1-16(2)9-14(5-7-21-16)19-15(20)13-8-12(4-3-6-17)10-18-11-13/h8,10-11,14H,5-7,9,17H2,1-2H3,(H,19,20). The Bertz CT molecular complexity index is 572. The zero-order valence-electron chi connectivity index (χ0n) is 12.5. The number of rotatable bonds is 2. The molecule has 1 aliphatic heterocycles. The topological polar surface area (TPSA) is 77.2 Å². The molecular formula is C16H21N3O2. The smallest absolute Gasteiger partial charge is 0.253 e. The first-order valence-corrected chi connectivity index (χ1v) is 7.09. The van der Waals surface area contributed by atoms with Gasteiger partial charge in [-0.1, -0.05) is 11.8 Å². The van der Waals surface area contributed by atoms with Crippen LogP contribution in [0, 0.1) is 11.8 Å². The van der Waals surface area contributed by atoms with E-state index in [2.05, 4.69) is 22.1 Å². The van der Waals surface area contributed by atoms with Crippen LogP contribution in [0.3, 0.4) is 0 Å². The molecule has 0 radical (unpaired) electrons. The lowest BCUT2D eigenvalue weighted by molar-refractivity contribution is -0.0615. The number of hydrogen-bond acceptors (Lipinski definition) is 4. The van der Waals surface area contributed by atoms with Crippen LogP contribution in [0.5, 0.6) is 0 Å². The van der Waals surface area contributed by atoms with Gasteiger partial charge in [-0.05, 0) is 32.8 Å². The van der Waals surface area contributed by atoms with E-state index >= 15 is 0 Å². The minimum atomic E-state index is -0.192. The van der Waals surface area contributed by atoms with Crippen LogP contribution in [0.2, 0.25) is 0 Å². The number of carbonyl (C=O) groups is 1. The van der Waals surface area contributed by atoms with Crippen LogP contribution in [0.15, 0.2) is 18.5 Å². The Kier molecular flexibility index (Phi) is 4.94. The van der Waals surface area contributed by atoms with Crippen molar-refractivity contribution < 1.29 is 9.53 Å². The number of nitrogens with one attached hydrogen (secondary N) is 1. The second-order valence-electron chi connectivity index (χ2n) is 5.74. The zero-order chi connectivity index (χ0) is 15.3. The third-order valence-electron chi connectivity index (χ3n) is 3.37. The van der Waals surface area contributed by atoms with E-state index in [0.29, 0.717) is 17.7 Å². The van der Waals surface area contributed by atoms with E-state index in [9.17, 15) is 4.79 Å². The summed E-state index contributed by atoms with van der Waals surface area (Å²) in [5.41, 5.74) is 6.36. The van der Waals surface area contributed by atoms with Crippen molar-refractivity contribution in [2.75, 3.05) is 13.2 Å². The molecule has 0 saturated carbocycles. The van der Waals surface area contributed by atoms with Gasteiger partial charge >= 0.3 is 0 Å². The van der Waals surface area contributed by atoms with Crippen LogP contribution in [-0.2, 0) is 4.74 Å². The molecule has 1 unspecified atom stereocenters. The molecule has 0 aromatic carbocycles. The summed E-state index contributed by atoms with van der Waals surface area (Å²) in [5, 5.41) is 3.04. The summed E-state index contributed by atoms with van der Waals surface area (Å²) in [6, 6.07) is 1.86. The first-order chi connectivity index (χ1) is 10.00. The lowest BCUT2D eigenvalue weighted by atomic mass is 9.94. The van der Waals surface area contributed by atoms with E-state index in [1.807, 2.05) is 13.8 Å². The lowest BCUT2D eigenvalue weighted by Crippen LogP contribution is -2.45. The van der Waals surface area contributed by atoms with Gasteiger partial charge in [-0.2, -0.15) is 0 Å². The van der Waals surface area contributed by atoms with Crippen LogP contribution >= 0.6 is 0 Å². The van der Waals surface area contributed by atoms with Crippen molar-refractivity contribution in [2.45, 2.75) is 38.3 Å². The van der Waals surface area contributed by atoms with E-state index < -0.39 is 0 Å². The Morgan fingerprint density at radius 1 is 1.57 bits per heavy atom. The maximum Gasteiger partial charge on any atom is 0.253 e. The Labute approximate surface area is 125 Å². The molecule has 3 N–H and O–H groups in total. The van der Waals surface area contributed by atoms with Gasteiger partial charge in [-0.15, -0.1) is 0 Å². The molecule has 0 bridgehead atoms. The first kappa shape index (κ1) is 15.5. The molecule has 1 aromatic heterocycles. The number of nitrogens with two attached hydrogens (primary N) is 1. The summed E-state index contributed by atoms with van der Waals surface area (Å²) < 4.78 is 5.65. The van der Waals surface area contributed by atoms with Crippen LogP contribution in [0.4, 0.5) is 0 Å². The predicted molar refractivity (Wildman–Crippen MR) is 80.7 cm³/mol. The average Bonchev–Trinajstić information content (AvgIpc) is 2.44. The number of amides is 1. The van der Waals surface area contributed by atoms with Crippen molar-refractivity contribution in [3.63, 3.8) is 0 Å². The molecule has 1 aromatic rings. The fourth-order valence-corrected chi connectivity index (χ4v) is 2.41. The first-order valence-electron chi connectivity index (χ1n) is 7.09. The molecule has 5 heteroatoms. The molecule has 0 aliphatic carbocycles. The summed E-state index contributed by atoms with van der Waals surface area (Å²) in [4.78, 5) is 16.3. The van der Waals surface area contributed by atoms with Gasteiger partial charge in [0.25, 0.3) is 5.91 Å². The fourth-order valence-electron chi connectivity index (χ4n) is 2.41. The highest BCUT2D eigenvalue weighted by Crippen LogP contribution is 2.24. The Hall–Kier alpha value is -1.90. The van der Waals surface area contributed by atoms with E-state index in [1.165, 1.54) is 0 Å². The maximum atomic E-state index is 12.3. The highest BCUT2D eigenvalue weighted by atomic mass is 16.5. The van der Waals surface area contributed by atoms with Gasteiger partial charge in [-0.3, -0.25) is 9.78 Å². The molecule has 5 nitrogen and oxygen atoms in total. The quantitative estimate of drug-likeness (QED) is 0.798. The van der Waals surface area contributed by atoms with E-state index in [4.69, 9.17) is 10.5 Å². The van der Waals surface area contributed by atoms with Crippen LogP contribution in [0.25, 0.3) is 0 Å². The van der Waals surface area contributed by atoms with Gasteiger partial charge in [0.05, 0.1) is 17.7 Å². The van der Waals surface area contributed by atoms with Gasteiger partial charge < -0.3 is 15.8 Å². The maximum absolute atomic E-state index is 12.3. The lowest BCUT2D eigenvalue weighted by Gasteiger charge is -2.35. The van der Waals surface area contributed by atoms with E-state index in [0.717, 1.165) is 12.8 Å². The number of hydrogen-bond donors (Lipinski definition) is 2. The summed E-state index contributed by atoms with van der Waals surface area (Å²) >= 11 is 0. The normalized spacial score (nSPS) is 20.2. The van der Waals surface area contributed by atoms with Crippen LogP contribution < -0.4 is 11.1 Å². The summed E-state index contributed by atoms with van der Waals surface area (Å²) in [7, 11) is 0. The highest BCUT2D eigenvalue weighted by Gasteiger charge is 2.29. The van der Waals surface area contributed by atoms with Gasteiger partial charge in [0.15, 0.2) is 0 Å². The van der Waals surface area contributed by atoms with E-state index in [-0.39, 0.29) is 24.1 Å². The van der Waals surface area contributed by atoms with E-state index in [1.54, 1.807) is 18.5 Å². The third kappa shape index (κ3) is 4.55.